The zero-order valence-corrected chi connectivity index (χ0v) is 11.5. The lowest BCUT2D eigenvalue weighted by Crippen LogP contribution is -2.24. The molecule has 0 unspecified atom stereocenters. The molecule has 1 amide bonds. The van der Waals surface area contributed by atoms with Crippen LogP contribution in [0.4, 0.5) is 0 Å². The van der Waals surface area contributed by atoms with E-state index in [1.807, 2.05) is 0 Å². The average Bonchev–Trinajstić information content (AvgIpc) is 2.24. The van der Waals surface area contributed by atoms with E-state index >= 15 is 0 Å². The van der Waals surface area contributed by atoms with Gasteiger partial charge in [-0.25, -0.2) is 0 Å². The standard InChI is InChI=1S/C13H26ClNO/c1-12(2)8-5-3-4-6-11-15-13(16)9-7-10-14/h12H,3-11H2,1-2H3,(H,15,16). The normalized spacial score (nSPS) is 10.8. The Balaban J connectivity index is 3.11. The summed E-state index contributed by atoms with van der Waals surface area (Å²) in [6, 6.07) is 0. The molecule has 0 saturated carbocycles. The highest BCUT2D eigenvalue weighted by Gasteiger charge is 1.99. The summed E-state index contributed by atoms with van der Waals surface area (Å²) in [6.07, 6.45) is 7.60. The minimum Gasteiger partial charge on any atom is -0.356 e. The molecule has 0 aromatic heterocycles. The van der Waals surface area contributed by atoms with Crippen molar-refractivity contribution < 1.29 is 4.79 Å². The fraction of sp³-hybridized carbons (Fsp3) is 0.923. The van der Waals surface area contributed by atoms with Gasteiger partial charge < -0.3 is 5.32 Å². The molecule has 16 heavy (non-hydrogen) atoms. The Morgan fingerprint density at radius 2 is 1.81 bits per heavy atom. The van der Waals surface area contributed by atoms with Crippen LogP contribution >= 0.6 is 11.6 Å². The van der Waals surface area contributed by atoms with E-state index in [9.17, 15) is 4.79 Å². The molecule has 0 spiro atoms. The number of rotatable bonds is 10. The third-order valence-electron chi connectivity index (χ3n) is 2.57. The minimum absolute atomic E-state index is 0.142. The number of unbranched alkanes of at least 4 members (excludes halogenated alkanes) is 3. The van der Waals surface area contributed by atoms with Crippen LogP contribution in [0, 0.1) is 5.92 Å². The smallest absolute Gasteiger partial charge is 0.220 e. The Labute approximate surface area is 105 Å². The number of halogens is 1. The van der Waals surface area contributed by atoms with Crippen LogP contribution in [-0.2, 0) is 4.79 Å². The maximum atomic E-state index is 11.2. The highest BCUT2D eigenvalue weighted by atomic mass is 35.5. The van der Waals surface area contributed by atoms with Crippen molar-refractivity contribution in [2.24, 2.45) is 5.92 Å². The number of alkyl halides is 1. The molecular weight excluding hydrogens is 222 g/mol. The van der Waals surface area contributed by atoms with Crippen LogP contribution in [0.1, 0.15) is 58.8 Å². The molecule has 0 bridgehead atoms. The van der Waals surface area contributed by atoms with E-state index < -0.39 is 0 Å². The van der Waals surface area contributed by atoms with Gasteiger partial charge in [-0.15, -0.1) is 11.6 Å². The molecule has 0 aromatic carbocycles. The van der Waals surface area contributed by atoms with Gasteiger partial charge in [-0.05, 0) is 18.8 Å². The van der Waals surface area contributed by atoms with E-state index in [2.05, 4.69) is 19.2 Å². The Hall–Kier alpha value is -0.240. The van der Waals surface area contributed by atoms with Crippen LogP contribution in [-0.4, -0.2) is 18.3 Å². The Morgan fingerprint density at radius 3 is 2.44 bits per heavy atom. The molecule has 2 nitrogen and oxygen atoms in total. The number of nitrogens with one attached hydrogen (secondary N) is 1. The van der Waals surface area contributed by atoms with Crippen molar-refractivity contribution >= 4 is 17.5 Å². The fourth-order valence-electron chi connectivity index (χ4n) is 1.57. The van der Waals surface area contributed by atoms with Crippen LogP contribution in [0.15, 0.2) is 0 Å². The first-order chi connectivity index (χ1) is 7.66. The fourth-order valence-corrected chi connectivity index (χ4v) is 1.71. The third kappa shape index (κ3) is 11.8. The minimum atomic E-state index is 0.142. The van der Waals surface area contributed by atoms with Crippen molar-refractivity contribution in [2.75, 3.05) is 12.4 Å². The molecular formula is C13H26ClNO. The molecule has 0 fully saturated rings. The molecule has 1 N–H and O–H groups in total. The van der Waals surface area contributed by atoms with E-state index in [0.29, 0.717) is 12.3 Å². The highest BCUT2D eigenvalue weighted by Crippen LogP contribution is 2.08. The zero-order valence-electron chi connectivity index (χ0n) is 10.7. The van der Waals surface area contributed by atoms with E-state index in [0.717, 1.165) is 25.3 Å². The Morgan fingerprint density at radius 1 is 1.12 bits per heavy atom. The summed E-state index contributed by atoms with van der Waals surface area (Å²) in [6.45, 7) is 5.34. The van der Waals surface area contributed by atoms with E-state index in [4.69, 9.17) is 11.6 Å². The average molecular weight is 248 g/mol. The van der Waals surface area contributed by atoms with Gasteiger partial charge in [0.1, 0.15) is 0 Å². The monoisotopic (exact) mass is 247 g/mol. The van der Waals surface area contributed by atoms with Crippen LogP contribution < -0.4 is 5.32 Å². The lowest BCUT2D eigenvalue weighted by atomic mass is 10.0. The summed E-state index contributed by atoms with van der Waals surface area (Å²) in [5, 5.41) is 2.92. The van der Waals surface area contributed by atoms with E-state index in [1.54, 1.807) is 0 Å². The zero-order chi connectivity index (χ0) is 12.2. The number of carbonyl (C=O) groups is 1. The molecule has 0 aromatic rings. The Kier molecular flexibility index (Phi) is 11.1. The van der Waals surface area contributed by atoms with Crippen molar-refractivity contribution in [1.29, 1.82) is 0 Å². The predicted octanol–water partition coefficient (Wildman–Crippen LogP) is 3.73. The first-order valence-electron chi connectivity index (χ1n) is 6.49. The molecule has 0 aliphatic rings. The van der Waals surface area contributed by atoms with Gasteiger partial charge in [0.15, 0.2) is 0 Å². The second kappa shape index (κ2) is 11.3. The van der Waals surface area contributed by atoms with Crippen LogP contribution in [0.2, 0.25) is 0 Å². The molecule has 0 aliphatic heterocycles. The molecule has 0 rings (SSSR count). The summed E-state index contributed by atoms with van der Waals surface area (Å²) < 4.78 is 0. The molecule has 3 heteroatoms. The third-order valence-corrected chi connectivity index (χ3v) is 2.84. The van der Waals surface area contributed by atoms with Crippen molar-refractivity contribution in [3.8, 4) is 0 Å². The maximum Gasteiger partial charge on any atom is 0.220 e. The van der Waals surface area contributed by atoms with E-state index in [-0.39, 0.29) is 5.91 Å². The maximum absolute atomic E-state index is 11.2. The van der Waals surface area contributed by atoms with Crippen molar-refractivity contribution in [2.45, 2.75) is 58.8 Å². The summed E-state index contributed by atoms with van der Waals surface area (Å²) in [7, 11) is 0. The first kappa shape index (κ1) is 15.8. The van der Waals surface area contributed by atoms with Crippen molar-refractivity contribution in [1.82, 2.24) is 5.32 Å². The van der Waals surface area contributed by atoms with Gasteiger partial charge >= 0.3 is 0 Å². The van der Waals surface area contributed by atoms with Gasteiger partial charge in [0, 0.05) is 18.8 Å². The van der Waals surface area contributed by atoms with Gasteiger partial charge in [-0.1, -0.05) is 39.5 Å². The van der Waals surface area contributed by atoms with Crippen molar-refractivity contribution in [3.05, 3.63) is 0 Å². The number of hydrogen-bond acceptors (Lipinski definition) is 1. The predicted molar refractivity (Wildman–Crippen MR) is 70.9 cm³/mol. The topological polar surface area (TPSA) is 29.1 Å². The summed E-state index contributed by atoms with van der Waals surface area (Å²) in [5.41, 5.74) is 0. The lowest BCUT2D eigenvalue weighted by molar-refractivity contribution is -0.121. The molecule has 0 aliphatic carbocycles. The lowest BCUT2D eigenvalue weighted by Gasteiger charge is -2.05. The van der Waals surface area contributed by atoms with Crippen LogP contribution in [0.3, 0.4) is 0 Å². The molecule has 0 saturated heterocycles. The number of carbonyl (C=O) groups excluding carboxylic acids is 1. The SMILES string of the molecule is CC(C)CCCCCCNC(=O)CCCCl. The Bertz CT molecular complexity index is 171. The van der Waals surface area contributed by atoms with Gasteiger partial charge in [0.2, 0.25) is 5.91 Å². The van der Waals surface area contributed by atoms with Crippen LogP contribution in [0.25, 0.3) is 0 Å². The second-order valence-corrected chi connectivity index (χ2v) is 5.12. The summed E-state index contributed by atoms with van der Waals surface area (Å²) >= 11 is 5.51. The first-order valence-corrected chi connectivity index (χ1v) is 7.03. The van der Waals surface area contributed by atoms with Crippen molar-refractivity contribution in [3.63, 3.8) is 0 Å². The molecule has 0 heterocycles. The molecule has 0 atom stereocenters. The van der Waals surface area contributed by atoms with Gasteiger partial charge in [-0.3, -0.25) is 4.79 Å². The highest BCUT2D eigenvalue weighted by molar-refractivity contribution is 6.17. The van der Waals surface area contributed by atoms with Gasteiger partial charge in [-0.2, -0.15) is 0 Å². The summed E-state index contributed by atoms with van der Waals surface area (Å²) in [4.78, 5) is 11.2. The number of hydrogen-bond donors (Lipinski definition) is 1. The number of amides is 1. The largest absolute Gasteiger partial charge is 0.356 e. The molecule has 0 radical (unpaired) electrons. The van der Waals surface area contributed by atoms with Gasteiger partial charge in [0.05, 0.1) is 0 Å². The quantitative estimate of drug-likeness (QED) is 0.463. The summed E-state index contributed by atoms with van der Waals surface area (Å²) in [5.74, 6) is 1.53. The second-order valence-electron chi connectivity index (χ2n) is 4.74. The molecule has 96 valence electrons. The van der Waals surface area contributed by atoms with E-state index in [1.165, 1.54) is 25.7 Å². The van der Waals surface area contributed by atoms with Crippen LogP contribution in [0.5, 0.6) is 0 Å². The van der Waals surface area contributed by atoms with Gasteiger partial charge in [0.25, 0.3) is 0 Å².